The second-order valence-electron chi connectivity index (χ2n) is 6.77. The molecule has 0 aromatic heterocycles. The average Bonchev–Trinajstić information content (AvgIpc) is 2.75. The number of hydrazone groups is 2. The number of hydrogen-bond donors (Lipinski definition) is 2. The molecule has 2 amide bonds. The Kier molecular flexibility index (Phi) is 11.5. The maximum absolute atomic E-state index is 11.8. The Morgan fingerprint density at radius 2 is 1.00 bits per heavy atom. The van der Waals surface area contributed by atoms with Crippen molar-refractivity contribution in [1.29, 1.82) is 0 Å². The number of nitrogens with zero attached hydrogens (tertiary/aromatic N) is 2. The number of nitrogens with one attached hydrogen (secondary N) is 2. The highest BCUT2D eigenvalue weighted by Gasteiger charge is 2.05. The lowest BCUT2D eigenvalue weighted by Gasteiger charge is -2.03. The van der Waals surface area contributed by atoms with E-state index in [2.05, 4.69) is 21.1 Å². The summed E-state index contributed by atoms with van der Waals surface area (Å²) in [5, 5.41) is 9.60. The third kappa shape index (κ3) is 9.17. The number of benzene rings is 2. The van der Waals surface area contributed by atoms with Crippen molar-refractivity contribution in [3.05, 3.63) is 67.6 Å². The van der Waals surface area contributed by atoms with E-state index < -0.39 is 0 Å². The van der Waals surface area contributed by atoms with E-state index in [4.69, 9.17) is 46.4 Å². The Hall–Kier alpha value is -2.12. The van der Waals surface area contributed by atoms with Crippen LogP contribution in [-0.4, -0.2) is 24.2 Å². The van der Waals surface area contributed by atoms with E-state index in [1.165, 1.54) is 12.4 Å². The van der Waals surface area contributed by atoms with Crippen LogP contribution in [0, 0.1) is 0 Å². The van der Waals surface area contributed by atoms with Crippen molar-refractivity contribution in [3.8, 4) is 0 Å². The number of carbonyl (C=O) groups is 2. The molecule has 0 saturated carbocycles. The molecule has 0 aliphatic rings. The molecule has 0 aliphatic carbocycles. The molecule has 10 heteroatoms. The average molecular weight is 516 g/mol. The smallest absolute Gasteiger partial charge is 0.240 e. The molecule has 0 saturated heterocycles. The first kappa shape index (κ1) is 26.1. The molecule has 0 aliphatic heterocycles. The molecular formula is C22H22Cl4N4O2. The Bertz CT molecular complexity index is 876. The van der Waals surface area contributed by atoms with Gasteiger partial charge < -0.3 is 0 Å². The SMILES string of the molecule is O=C(CCCCCCC(=O)N/N=C/c1c(Cl)cccc1Cl)N/N=C/c1c(Cl)cccc1Cl. The number of halogens is 4. The summed E-state index contributed by atoms with van der Waals surface area (Å²) in [6.45, 7) is 0. The second kappa shape index (κ2) is 14.1. The lowest BCUT2D eigenvalue weighted by molar-refractivity contribution is -0.122. The Labute approximate surface area is 207 Å². The van der Waals surface area contributed by atoms with E-state index in [-0.39, 0.29) is 11.8 Å². The van der Waals surface area contributed by atoms with E-state index in [1.807, 2.05) is 0 Å². The van der Waals surface area contributed by atoms with Gasteiger partial charge in [-0.25, -0.2) is 10.9 Å². The van der Waals surface area contributed by atoms with Gasteiger partial charge in [0, 0.05) is 24.0 Å². The van der Waals surface area contributed by atoms with Crippen LogP contribution in [0.25, 0.3) is 0 Å². The van der Waals surface area contributed by atoms with Crippen LogP contribution in [0.3, 0.4) is 0 Å². The molecule has 0 radical (unpaired) electrons. The van der Waals surface area contributed by atoms with Crippen molar-refractivity contribution in [2.45, 2.75) is 38.5 Å². The van der Waals surface area contributed by atoms with Gasteiger partial charge in [0.15, 0.2) is 0 Å². The number of unbranched alkanes of at least 4 members (excludes halogenated alkanes) is 3. The molecular weight excluding hydrogens is 494 g/mol. The van der Waals surface area contributed by atoms with E-state index in [9.17, 15) is 9.59 Å². The predicted octanol–water partition coefficient (Wildman–Crippen LogP) is 6.24. The first-order valence-corrected chi connectivity index (χ1v) is 11.4. The van der Waals surface area contributed by atoms with Crippen LogP contribution in [0.15, 0.2) is 46.6 Å². The van der Waals surface area contributed by atoms with Gasteiger partial charge in [-0.05, 0) is 37.1 Å². The molecule has 0 heterocycles. The van der Waals surface area contributed by atoms with Crippen LogP contribution >= 0.6 is 46.4 Å². The van der Waals surface area contributed by atoms with Crippen LogP contribution in [0.5, 0.6) is 0 Å². The van der Waals surface area contributed by atoms with Crippen LogP contribution in [0.1, 0.15) is 49.7 Å². The minimum atomic E-state index is -0.199. The summed E-state index contributed by atoms with van der Waals surface area (Å²) < 4.78 is 0. The molecule has 0 unspecified atom stereocenters. The highest BCUT2D eigenvalue weighted by Crippen LogP contribution is 2.22. The maximum Gasteiger partial charge on any atom is 0.240 e. The Morgan fingerprint density at radius 3 is 1.34 bits per heavy atom. The van der Waals surface area contributed by atoms with Gasteiger partial charge >= 0.3 is 0 Å². The van der Waals surface area contributed by atoms with Crippen molar-refractivity contribution in [3.63, 3.8) is 0 Å². The molecule has 170 valence electrons. The molecule has 6 nitrogen and oxygen atoms in total. The van der Waals surface area contributed by atoms with Crippen molar-refractivity contribution in [2.75, 3.05) is 0 Å². The minimum absolute atomic E-state index is 0.199. The quantitative estimate of drug-likeness (QED) is 0.211. The minimum Gasteiger partial charge on any atom is -0.273 e. The van der Waals surface area contributed by atoms with Crippen LogP contribution in [0.2, 0.25) is 20.1 Å². The first-order chi connectivity index (χ1) is 15.4. The van der Waals surface area contributed by atoms with Crippen molar-refractivity contribution >= 4 is 70.6 Å². The predicted molar refractivity (Wildman–Crippen MR) is 132 cm³/mol. The summed E-state index contributed by atoms with van der Waals surface area (Å²) in [6, 6.07) is 10.2. The monoisotopic (exact) mass is 514 g/mol. The van der Waals surface area contributed by atoms with E-state index >= 15 is 0 Å². The van der Waals surface area contributed by atoms with Crippen molar-refractivity contribution < 1.29 is 9.59 Å². The third-order valence-electron chi connectivity index (χ3n) is 4.32. The summed E-state index contributed by atoms with van der Waals surface area (Å²) in [7, 11) is 0. The van der Waals surface area contributed by atoms with Gasteiger partial charge in [0.1, 0.15) is 0 Å². The molecule has 0 spiro atoms. The van der Waals surface area contributed by atoms with E-state index in [0.29, 0.717) is 56.9 Å². The zero-order valence-corrected chi connectivity index (χ0v) is 20.1. The Balaban J connectivity index is 1.57. The molecule has 0 bridgehead atoms. The third-order valence-corrected chi connectivity index (χ3v) is 5.64. The van der Waals surface area contributed by atoms with E-state index in [1.54, 1.807) is 36.4 Å². The van der Waals surface area contributed by atoms with Gasteiger partial charge in [-0.2, -0.15) is 10.2 Å². The van der Waals surface area contributed by atoms with Crippen LogP contribution in [-0.2, 0) is 9.59 Å². The molecule has 32 heavy (non-hydrogen) atoms. The van der Waals surface area contributed by atoms with Crippen molar-refractivity contribution in [2.24, 2.45) is 10.2 Å². The Morgan fingerprint density at radius 1 is 0.656 bits per heavy atom. The highest BCUT2D eigenvalue weighted by molar-refractivity contribution is 6.39. The molecule has 2 aromatic carbocycles. The van der Waals surface area contributed by atoms with Gasteiger partial charge in [0.25, 0.3) is 0 Å². The molecule has 0 fully saturated rings. The van der Waals surface area contributed by atoms with Gasteiger partial charge in [0.2, 0.25) is 11.8 Å². The van der Waals surface area contributed by atoms with Gasteiger partial charge in [0.05, 0.1) is 32.5 Å². The lowest BCUT2D eigenvalue weighted by Crippen LogP contribution is -2.17. The number of rotatable bonds is 11. The first-order valence-electron chi connectivity index (χ1n) is 9.90. The molecule has 2 N–H and O–H groups in total. The standard InChI is InChI=1S/C22H22Cl4N4O2/c23-17-7-5-8-18(24)15(17)13-27-29-21(31)11-3-1-2-4-12-22(32)30-28-14-16-19(25)9-6-10-20(16)26/h5-10,13-14H,1-4,11-12H2,(H,29,31)(H,30,32)/b27-13+,28-14+. The summed E-state index contributed by atoms with van der Waals surface area (Å²) in [6.07, 6.45) is 6.54. The summed E-state index contributed by atoms with van der Waals surface area (Å²) in [5.74, 6) is -0.399. The number of amides is 2. The fourth-order valence-electron chi connectivity index (χ4n) is 2.64. The second-order valence-corrected chi connectivity index (χ2v) is 8.40. The van der Waals surface area contributed by atoms with Gasteiger partial charge in [-0.3, -0.25) is 9.59 Å². The van der Waals surface area contributed by atoms with Crippen LogP contribution < -0.4 is 10.9 Å². The zero-order valence-electron chi connectivity index (χ0n) is 17.1. The maximum atomic E-state index is 11.8. The largest absolute Gasteiger partial charge is 0.273 e. The topological polar surface area (TPSA) is 82.9 Å². The number of carbonyl (C=O) groups excluding carboxylic acids is 2. The lowest BCUT2D eigenvalue weighted by atomic mass is 10.1. The van der Waals surface area contributed by atoms with Crippen molar-refractivity contribution in [1.82, 2.24) is 10.9 Å². The normalized spacial score (nSPS) is 11.2. The summed E-state index contributed by atoms with van der Waals surface area (Å²) >= 11 is 24.1. The fourth-order valence-corrected chi connectivity index (χ4v) is 3.63. The fraction of sp³-hybridized carbons (Fsp3) is 0.273. The zero-order chi connectivity index (χ0) is 23.3. The van der Waals surface area contributed by atoms with Gasteiger partial charge in [-0.1, -0.05) is 71.4 Å². The number of hydrogen-bond acceptors (Lipinski definition) is 4. The molecule has 2 rings (SSSR count). The summed E-state index contributed by atoms with van der Waals surface area (Å²) in [4.78, 5) is 23.7. The van der Waals surface area contributed by atoms with Gasteiger partial charge in [-0.15, -0.1) is 0 Å². The van der Waals surface area contributed by atoms with E-state index in [0.717, 1.165) is 12.8 Å². The summed E-state index contributed by atoms with van der Waals surface area (Å²) in [5.41, 5.74) is 6.01. The van der Waals surface area contributed by atoms with Crippen LogP contribution in [0.4, 0.5) is 0 Å². The highest BCUT2D eigenvalue weighted by atomic mass is 35.5. The molecule has 0 atom stereocenters. The molecule has 2 aromatic rings.